The van der Waals surface area contributed by atoms with E-state index in [1.54, 1.807) is 0 Å². The molecule has 1 saturated heterocycles. The van der Waals surface area contributed by atoms with Gasteiger partial charge in [-0.3, -0.25) is 14.6 Å². The largest absolute Gasteiger partial charge is 0.352 e. The zero-order chi connectivity index (χ0) is 16.1. The molecule has 1 amide bonds. The SMILES string of the molecule is O=C(CN1CCN(Cc2ccc(Cl)cc2)CC1)NC1CCCC1. The Hall–Kier alpha value is -1.10. The lowest BCUT2D eigenvalue weighted by molar-refractivity contribution is -0.123. The summed E-state index contributed by atoms with van der Waals surface area (Å²) in [6.07, 6.45) is 4.82. The maximum Gasteiger partial charge on any atom is 0.234 e. The van der Waals surface area contributed by atoms with Crippen LogP contribution >= 0.6 is 11.6 Å². The summed E-state index contributed by atoms with van der Waals surface area (Å²) in [4.78, 5) is 16.8. The lowest BCUT2D eigenvalue weighted by Crippen LogP contribution is -2.50. The number of benzene rings is 1. The predicted molar refractivity (Wildman–Crippen MR) is 93.6 cm³/mol. The molecule has 1 heterocycles. The summed E-state index contributed by atoms with van der Waals surface area (Å²) >= 11 is 5.92. The average molecular weight is 336 g/mol. The fourth-order valence-corrected chi connectivity index (χ4v) is 3.63. The van der Waals surface area contributed by atoms with Gasteiger partial charge in [-0.05, 0) is 30.5 Å². The van der Waals surface area contributed by atoms with Crippen LogP contribution in [-0.2, 0) is 11.3 Å². The third-order valence-corrected chi connectivity index (χ3v) is 5.12. The molecule has 0 spiro atoms. The molecular formula is C18H26ClN3O. The summed E-state index contributed by atoms with van der Waals surface area (Å²) in [7, 11) is 0. The molecule has 23 heavy (non-hydrogen) atoms. The number of nitrogens with one attached hydrogen (secondary N) is 1. The summed E-state index contributed by atoms with van der Waals surface area (Å²) in [5.41, 5.74) is 1.29. The van der Waals surface area contributed by atoms with Crippen LogP contribution in [0.25, 0.3) is 0 Å². The van der Waals surface area contributed by atoms with Gasteiger partial charge in [0.25, 0.3) is 0 Å². The van der Waals surface area contributed by atoms with Gasteiger partial charge < -0.3 is 5.32 Å². The average Bonchev–Trinajstić information content (AvgIpc) is 3.04. The van der Waals surface area contributed by atoms with Crippen LogP contribution in [0.4, 0.5) is 0 Å². The Kier molecular flexibility index (Phi) is 5.92. The van der Waals surface area contributed by atoms with Gasteiger partial charge in [0.2, 0.25) is 5.91 Å². The number of carbonyl (C=O) groups is 1. The van der Waals surface area contributed by atoms with E-state index in [9.17, 15) is 4.79 Å². The van der Waals surface area contributed by atoms with E-state index in [1.807, 2.05) is 12.1 Å². The van der Waals surface area contributed by atoms with E-state index in [4.69, 9.17) is 11.6 Å². The highest BCUT2D eigenvalue weighted by Crippen LogP contribution is 2.17. The van der Waals surface area contributed by atoms with Gasteiger partial charge in [0.05, 0.1) is 6.54 Å². The van der Waals surface area contributed by atoms with Crippen LogP contribution in [0.1, 0.15) is 31.2 Å². The first-order chi connectivity index (χ1) is 11.2. The first-order valence-corrected chi connectivity index (χ1v) is 9.05. The van der Waals surface area contributed by atoms with E-state index >= 15 is 0 Å². The maximum atomic E-state index is 12.1. The first kappa shape index (κ1) is 16.7. The van der Waals surface area contributed by atoms with Crippen molar-refractivity contribution < 1.29 is 4.79 Å². The van der Waals surface area contributed by atoms with E-state index in [-0.39, 0.29) is 5.91 Å². The summed E-state index contributed by atoms with van der Waals surface area (Å²) in [5, 5.41) is 3.96. The molecule has 1 aliphatic carbocycles. The Balaban J connectivity index is 1.37. The molecule has 3 rings (SSSR count). The minimum Gasteiger partial charge on any atom is -0.352 e. The fourth-order valence-electron chi connectivity index (χ4n) is 3.50. The highest BCUT2D eigenvalue weighted by molar-refractivity contribution is 6.30. The van der Waals surface area contributed by atoms with Gasteiger partial charge in [-0.1, -0.05) is 36.6 Å². The van der Waals surface area contributed by atoms with E-state index in [0.29, 0.717) is 12.6 Å². The van der Waals surface area contributed by atoms with Crippen LogP contribution in [0.15, 0.2) is 24.3 Å². The first-order valence-electron chi connectivity index (χ1n) is 8.67. The molecule has 1 aliphatic heterocycles. The zero-order valence-corrected chi connectivity index (χ0v) is 14.4. The van der Waals surface area contributed by atoms with Gasteiger partial charge in [0, 0.05) is 43.8 Å². The Morgan fingerprint density at radius 1 is 1.04 bits per heavy atom. The van der Waals surface area contributed by atoms with Crippen molar-refractivity contribution in [2.45, 2.75) is 38.3 Å². The topological polar surface area (TPSA) is 35.6 Å². The van der Waals surface area contributed by atoms with Crippen molar-refractivity contribution >= 4 is 17.5 Å². The van der Waals surface area contributed by atoms with Crippen molar-refractivity contribution in [3.05, 3.63) is 34.9 Å². The van der Waals surface area contributed by atoms with Gasteiger partial charge in [0.15, 0.2) is 0 Å². The molecule has 1 aromatic rings. The van der Waals surface area contributed by atoms with Crippen LogP contribution in [0.3, 0.4) is 0 Å². The molecule has 1 N–H and O–H groups in total. The quantitative estimate of drug-likeness (QED) is 0.898. The highest BCUT2D eigenvalue weighted by atomic mass is 35.5. The molecule has 5 heteroatoms. The summed E-state index contributed by atoms with van der Waals surface area (Å²) in [6, 6.07) is 8.49. The monoisotopic (exact) mass is 335 g/mol. The second-order valence-corrected chi connectivity index (χ2v) is 7.16. The molecule has 4 nitrogen and oxygen atoms in total. The lowest BCUT2D eigenvalue weighted by atomic mass is 10.2. The normalized spacial score (nSPS) is 20.7. The van der Waals surface area contributed by atoms with Crippen LogP contribution in [0.2, 0.25) is 5.02 Å². The maximum absolute atomic E-state index is 12.1. The molecule has 2 fully saturated rings. The van der Waals surface area contributed by atoms with E-state index < -0.39 is 0 Å². The van der Waals surface area contributed by atoms with Crippen molar-refractivity contribution in [2.75, 3.05) is 32.7 Å². The number of hydrogen-bond donors (Lipinski definition) is 1. The smallest absolute Gasteiger partial charge is 0.234 e. The molecule has 126 valence electrons. The zero-order valence-electron chi connectivity index (χ0n) is 13.6. The number of nitrogens with zero attached hydrogens (tertiary/aromatic N) is 2. The van der Waals surface area contributed by atoms with Gasteiger partial charge in [0.1, 0.15) is 0 Å². The molecule has 0 unspecified atom stereocenters. The summed E-state index contributed by atoms with van der Waals surface area (Å²) in [5.74, 6) is 0.197. The lowest BCUT2D eigenvalue weighted by Gasteiger charge is -2.34. The molecule has 2 aliphatic rings. The minimum atomic E-state index is 0.197. The van der Waals surface area contributed by atoms with E-state index in [1.165, 1.54) is 18.4 Å². The van der Waals surface area contributed by atoms with Crippen LogP contribution in [0.5, 0.6) is 0 Å². The third-order valence-electron chi connectivity index (χ3n) is 4.87. The minimum absolute atomic E-state index is 0.197. The molecule has 1 aromatic carbocycles. The number of halogens is 1. The van der Waals surface area contributed by atoms with Crippen molar-refractivity contribution in [1.29, 1.82) is 0 Å². The standard InChI is InChI=1S/C18H26ClN3O/c19-16-7-5-15(6-8-16)13-21-9-11-22(12-10-21)14-18(23)20-17-3-1-2-4-17/h5-8,17H,1-4,9-14H2,(H,20,23). The Morgan fingerprint density at radius 3 is 2.30 bits per heavy atom. The highest BCUT2D eigenvalue weighted by Gasteiger charge is 2.21. The van der Waals surface area contributed by atoms with Crippen LogP contribution in [0, 0.1) is 0 Å². The molecule has 0 aromatic heterocycles. The number of amides is 1. The number of rotatable bonds is 5. The van der Waals surface area contributed by atoms with E-state index in [0.717, 1.165) is 50.6 Å². The third kappa shape index (κ3) is 5.20. The predicted octanol–water partition coefficient (Wildman–Crippen LogP) is 2.52. The summed E-state index contributed by atoms with van der Waals surface area (Å²) in [6.45, 7) is 5.46. The number of carbonyl (C=O) groups excluding carboxylic acids is 1. The van der Waals surface area contributed by atoms with Crippen molar-refractivity contribution in [3.8, 4) is 0 Å². The molecule has 1 saturated carbocycles. The molecule has 0 bridgehead atoms. The fraction of sp³-hybridized carbons (Fsp3) is 0.611. The van der Waals surface area contributed by atoms with Crippen molar-refractivity contribution in [3.63, 3.8) is 0 Å². The Morgan fingerprint density at radius 2 is 1.65 bits per heavy atom. The van der Waals surface area contributed by atoms with Crippen molar-refractivity contribution in [1.82, 2.24) is 15.1 Å². The second kappa shape index (κ2) is 8.13. The van der Waals surface area contributed by atoms with Crippen molar-refractivity contribution in [2.24, 2.45) is 0 Å². The summed E-state index contributed by atoms with van der Waals surface area (Å²) < 4.78 is 0. The van der Waals surface area contributed by atoms with E-state index in [2.05, 4.69) is 27.2 Å². The molecule has 0 radical (unpaired) electrons. The number of hydrogen-bond acceptors (Lipinski definition) is 3. The Bertz CT molecular complexity index is 506. The Labute approximate surface area is 143 Å². The molecule has 0 atom stereocenters. The second-order valence-electron chi connectivity index (χ2n) is 6.73. The van der Waals surface area contributed by atoms with Crippen LogP contribution < -0.4 is 5.32 Å². The molecular weight excluding hydrogens is 310 g/mol. The van der Waals surface area contributed by atoms with Gasteiger partial charge >= 0.3 is 0 Å². The van der Waals surface area contributed by atoms with Gasteiger partial charge in [-0.15, -0.1) is 0 Å². The van der Waals surface area contributed by atoms with Crippen LogP contribution in [-0.4, -0.2) is 54.5 Å². The van der Waals surface area contributed by atoms with Gasteiger partial charge in [-0.2, -0.15) is 0 Å². The number of piperazine rings is 1. The van der Waals surface area contributed by atoms with Gasteiger partial charge in [-0.25, -0.2) is 0 Å².